The Hall–Kier alpha value is -3.26. The van der Waals surface area contributed by atoms with Gasteiger partial charge in [-0.1, -0.05) is 24.3 Å². The van der Waals surface area contributed by atoms with Crippen LogP contribution in [0.5, 0.6) is 5.75 Å². The Morgan fingerprint density at radius 1 is 1.18 bits per heavy atom. The SMILES string of the molecule is COc1ccc(C2(CC(=O)N(C)Cc3nc4ccccc4s3)CC(=O)N(C3CC3)C2=O)cc1. The molecule has 1 aliphatic heterocycles. The molecule has 0 spiro atoms. The Balaban J connectivity index is 1.42. The second kappa shape index (κ2) is 8.26. The molecule has 0 bridgehead atoms. The summed E-state index contributed by atoms with van der Waals surface area (Å²) in [5.74, 6) is 0.00900. The first-order chi connectivity index (χ1) is 15.9. The number of rotatable bonds is 7. The van der Waals surface area contributed by atoms with E-state index < -0.39 is 5.41 Å². The molecule has 5 rings (SSSR count). The topological polar surface area (TPSA) is 79.8 Å². The fourth-order valence-corrected chi connectivity index (χ4v) is 5.53. The lowest BCUT2D eigenvalue weighted by molar-refractivity contribution is -0.143. The molecule has 1 saturated carbocycles. The van der Waals surface area contributed by atoms with Gasteiger partial charge in [0, 0.05) is 25.9 Å². The second-order valence-corrected chi connectivity index (χ2v) is 9.90. The summed E-state index contributed by atoms with van der Waals surface area (Å²) in [4.78, 5) is 47.4. The van der Waals surface area contributed by atoms with E-state index in [2.05, 4.69) is 4.98 Å². The largest absolute Gasteiger partial charge is 0.497 e. The zero-order chi connectivity index (χ0) is 23.2. The number of likely N-dealkylation sites (tertiary alicyclic amines) is 1. The molecule has 170 valence electrons. The quantitative estimate of drug-likeness (QED) is 0.501. The second-order valence-electron chi connectivity index (χ2n) is 8.79. The van der Waals surface area contributed by atoms with Crippen molar-refractivity contribution < 1.29 is 19.1 Å². The van der Waals surface area contributed by atoms with E-state index in [-0.39, 0.29) is 36.6 Å². The molecule has 0 N–H and O–H groups in total. The molecule has 2 aliphatic rings. The number of carbonyl (C=O) groups is 3. The number of amides is 3. The van der Waals surface area contributed by atoms with E-state index in [0.29, 0.717) is 17.9 Å². The van der Waals surface area contributed by atoms with Gasteiger partial charge in [-0.3, -0.25) is 19.3 Å². The van der Waals surface area contributed by atoms with Crippen molar-refractivity contribution in [2.45, 2.75) is 43.7 Å². The standard InChI is InChI=1S/C25H25N3O4S/c1-27(15-21-26-19-5-3-4-6-20(19)33-21)22(29)13-25(16-7-11-18(32-2)12-8-16)14-23(30)28(24(25)31)17-9-10-17/h3-8,11-12,17H,9-10,13-15H2,1-2H3. The number of methoxy groups -OCH3 is 1. The summed E-state index contributed by atoms with van der Waals surface area (Å²) in [6.07, 6.45) is 1.62. The highest BCUT2D eigenvalue weighted by atomic mass is 32.1. The third-order valence-electron chi connectivity index (χ3n) is 6.49. The van der Waals surface area contributed by atoms with Gasteiger partial charge in [-0.05, 0) is 42.7 Å². The number of benzene rings is 2. The minimum absolute atomic E-state index is 0.00931. The van der Waals surface area contributed by atoms with E-state index in [1.807, 2.05) is 24.3 Å². The summed E-state index contributed by atoms with van der Waals surface area (Å²) in [5.41, 5.74) is 0.390. The predicted molar refractivity (Wildman–Crippen MR) is 125 cm³/mol. The zero-order valence-corrected chi connectivity index (χ0v) is 19.4. The highest BCUT2D eigenvalue weighted by Crippen LogP contribution is 2.44. The predicted octanol–water partition coefficient (Wildman–Crippen LogP) is 3.51. The van der Waals surface area contributed by atoms with Crippen LogP contribution in [0.15, 0.2) is 48.5 Å². The summed E-state index contributed by atoms with van der Waals surface area (Å²) in [6.45, 7) is 0.353. The van der Waals surface area contributed by atoms with Gasteiger partial charge in [0.25, 0.3) is 0 Å². The number of imide groups is 1. The van der Waals surface area contributed by atoms with Gasteiger partial charge in [0.1, 0.15) is 10.8 Å². The lowest BCUT2D eigenvalue weighted by Crippen LogP contribution is -2.43. The molecule has 7 nitrogen and oxygen atoms in total. The first-order valence-corrected chi connectivity index (χ1v) is 11.8. The van der Waals surface area contributed by atoms with E-state index in [4.69, 9.17) is 4.74 Å². The smallest absolute Gasteiger partial charge is 0.241 e. The van der Waals surface area contributed by atoms with Gasteiger partial charge in [0.15, 0.2) is 0 Å². The van der Waals surface area contributed by atoms with Gasteiger partial charge in [-0.15, -0.1) is 11.3 Å². The fraction of sp³-hybridized carbons (Fsp3) is 0.360. The highest BCUT2D eigenvalue weighted by Gasteiger charge is 2.57. The van der Waals surface area contributed by atoms with Gasteiger partial charge < -0.3 is 9.64 Å². The number of nitrogens with zero attached hydrogens (tertiary/aromatic N) is 3. The van der Waals surface area contributed by atoms with Gasteiger partial charge >= 0.3 is 0 Å². The van der Waals surface area contributed by atoms with Crippen molar-refractivity contribution >= 4 is 39.3 Å². The first kappa shape index (κ1) is 21.6. The molecule has 0 radical (unpaired) electrons. The van der Waals surface area contributed by atoms with Crippen molar-refractivity contribution in [2.75, 3.05) is 14.2 Å². The van der Waals surface area contributed by atoms with Crippen molar-refractivity contribution in [3.63, 3.8) is 0 Å². The normalized spacial score (nSPS) is 20.5. The average Bonchev–Trinajstić information content (AvgIpc) is 3.50. The molecule has 8 heteroatoms. The van der Waals surface area contributed by atoms with Crippen LogP contribution in [0.2, 0.25) is 0 Å². The van der Waals surface area contributed by atoms with E-state index >= 15 is 0 Å². The molecule has 1 saturated heterocycles. The maximum absolute atomic E-state index is 13.6. The van der Waals surface area contributed by atoms with E-state index in [1.54, 1.807) is 54.7 Å². The molecule has 33 heavy (non-hydrogen) atoms. The molecule has 2 heterocycles. The summed E-state index contributed by atoms with van der Waals surface area (Å²) in [5, 5.41) is 0.832. The number of carbonyl (C=O) groups excluding carboxylic acids is 3. The molecule has 1 unspecified atom stereocenters. The monoisotopic (exact) mass is 463 g/mol. The molecular formula is C25H25N3O4S. The first-order valence-electron chi connectivity index (χ1n) is 11.0. The number of para-hydroxylation sites is 1. The maximum atomic E-state index is 13.6. The number of hydrogen-bond acceptors (Lipinski definition) is 6. The number of hydrogen-bond donors (Lipinski definition) is 0. The van der Waals surface area contributed by atoms with Crippen LogP contribution in [0.1, 0.15) is 36.3 Å². The molecule has 1 aliphatic carbocycles. The van der Waals surface area contributed by atoms with Crippen LogP contribution in [-0.4, -0.2) is 52.7 Å². The lowest BCUT2D eigenvalue weighted by atomic mass is 9.75. The maximum Gasteiger partial charge on any atom is 0.241 e. The van der Waals surface area contributed by atoms with Crippen LogP contribution < -0.4 is 4.74 Å². The Morgan fingerprint density at radius 2 is 1.91 bits per heavy atom. The van der Waals surface area contributed by atoms with Crippen LogP contribution in [0.3, 0.4) is 0 Å². The minimum atomic E-state index is -1.19. The fourth-order valence-electron chi connectivity index (χ4n) is 4.51. The van der Waals surface area contributed by atoms with Crippen molar-refractivity contribution in [3.8, 4) is 5.75 Å². The van der Waals surface area contributed by atoms with Crippen LogP contribution >= 0.6 is 11.3 Å². The number of fused-ring (bicyclic) bond motifs is 1. The molecule has 2 fully saturated rings. The third kappa shape index (κ3) is 3.88. The summed E-state index contributed by atoms with van der Waals surface area (Å²) in [7, 11) is 3.29. The highest BCUT2D eigenvalue weighted by molar-refractivity contribution is 7.18. The van der Waals surface area contributed by atoms with Crippen molar-refractivity contribution in [1.82, 2.24) is 14.8 Å². The number of thiazole rings is 1. The Labute approximate surface area is 196 Å². The molecule has 1 aromatic heterocycles. The minimum Gasteiger partial charge on any atom is -0.497 e. The van der Waals surface area contributed by atoms with Gasteiger partial charge in [0.2, 0.25) is 17.7 Å². The van der Waals surface area contributed by atoms with Gasteiger partial charge in [-0.25, -0.2) is 4.98 Å². The Morgan fingerprint density at radius 3 is 2.58 bits per heavy atom. The summed E-state index contributed by atoms with van der Waals surface area (Å²) < 4.78 is 6.32. The molecule has 1 atom stereocenters. The number of ether oxygens (including phenoxy) is 1. The van der Waals surface area contributed by atoms with Crippen LogP contribution in [0.4, 0.5) is 0 Å². The van der Waals surface area contributed by atoms with E-state index in [1.165, 1.54) is 4.90 Å². The van der Waals surface area contributed by atoms with Crippen molar-refractivity contribution in [1.29, 1.82) is 0 Å². The van der Waals surface area contributed by atoms with E-state index in [0.717, 1.165) is 28.1 Å². The Kier molecular flexibility index (Phi) is 5.40. The van der Waals surface area contributed by atoms with Gasteiger partial charge in [-0.2, -0.15) is 0 Å². The van der Waals surface area contributed by atoms with Gasteiger partial charge in [0.05, 0.1) is 29.3 Å². The zero-order valence-electron chi connectivity index (χ0n) is 18.6. The molecular weight excluding hydrogens is 438 g/mol. The Bertz CT molecular complexity index is 1200. The van der Waals surface area contributed by atoms with Crippen molar-refractivity contribution in [3.05, 3.63) is 59.1 Å². The van der Waals surface area contributed by atoms with E-state index in [9.17, 15) is 14.4 Å². The molecule has 2 aromatic carbocycles. The summed E-state index contributed by atoms with van der Waals surface area (Å²) >= 11 is 1.55. The number of aromatic nitrogens is 1. The lowest BCUT2D eigenvalue weighted by Gasteiger charge is -2.29. The van der Waals surface area contributed by atoms with Crippen LogP contribution in [0.25, 0.3) is 10.2 Å². The summed E-state index contributed by atoms with van der Waals surface area (Å²) in [6, 6.07) is 15.0. The molecule has 3 amide bonds. The van der Waals surface area contributed by atoms with Crippen molar-refractivity contribution in [2.24, 2.45) is 0 Å². The van der Waals surface area contributed by atoms with Crippen LogP contribution in [0, 0.1) is 0 Å². The molecule has 3 aromatic rings. The van der Waals surface area contributed by atoms with Crippen LogP contribution in [-0.2, 0) is 26.3 Å². The third-order valence-corrected chi connectivity index (χ3v) is 7.52. The average molecular weight is 464 g/mol.